The molecule has 1 aromatic heterocycles. The monoisotopic (exact) mass is 516 g/mol. The summed E-state index contributed by atoms with van der Waals surface area (Å²) in [5, 5.41) is 0.857. The molecule has 0 saturated heterocycles. The molecule has 3 aromatic rings. The summed E-state index contributed by atoms with van der Waals surface area (Å²) < 4.78 is 6.86. The number of carbonyl (C=O) groups is 1. The third kappa shape index (κ3) is 3.54. The quantitative estimate of drug-likeness (QED) is 0.227. The van der Waals surface area contributed by atoms with Gasteiger partial charge in [-0.15, -0.1) is 0 Å². The Kier molecular flexibility index (Phi) is 4.87. The molecule has 4 nitrogen and oxygen atoms in total. The van der Waals surface area contributed by atoms with Crippen molar-refractivity contribution in [2.24, 2.45) is 0 Å². The lowest BCUT2D eigenvalue weighted by Crippen LogP contribution is -2.05. The van der Waals surface area contributed by atoms with E-state index in [1.807, 2.05) is 36.4 Å². The minimum absolute atomic E-state index is 0.262. The standard InChI is InChI=1S/C16H10I2N2O2/c17-14-12-8-11(6-7-13(12)19-16(18)20-14)15(21)22-9-10-4-2-1-3-5-10/h1-8H,9H2. The van der Waals surface area contributed by atoms with Crippen LogP contribution in [0.4, 0.5) is 0 Å². The second-order valence-electron chi connectivity index (χ2n) is 4.58. The van der Waals surface area contributed by atoms with Gasteiger partial charge in [-0.2, -0.15) is 0 Å². The fraction of sp³-hybridized carbons (Fsp3) is 0.0625. The van der Waals surface area contributed by atoms with Crippen LogP contribution in [-0.4, -0.2) is 15.9 Å². The number of hydrogen-bond acceptors (Lipinski definition) is 4. The first-order valence-corrected chi connectivity index (χ1v) is 8.63. The van der Waals surface area contributed by atoms with E-state index in [0.29, 0.717) is 9.39 Å². The fourth-order valence-corrected chi connectivity index (χ4v) is 3.62. The Labute approximate surface area is 154 Å². The van der Waals surface area contributed by atoms with Crippen LogP contribution < -0.4 is 0 Å². The van der Waals surface area contributed by atoms with Crippen molar-refractivity contribution in [3.63, 3.8) is 0 Å². The van der Waals surface area contributed by atoms with Gasteiger partial charge in [0.25, 0.3) is 0 Å². The molecule has 110 valence electrons. The number of esters is 1. The molecule has 0 aliphatic carbocycles. The van der Waals surface area contributed by atoms with E-state index in [9.17, 15) is 4.79 Å². The van der Waals surface area contributed by atoms with Gasteiger partial charge in [-0.3, -0.25) is 0 Å². The van der Waals surface area contributed by atoms with Gasteiger partial charge >= 0.3 is 5.97 Å². The predicted molar refractivity (Wildman–Crippen MR) is 101 cm³/mol. The van der Waals surface area contributed by atoms with Gasteiger partial charge in [-0.1, -0.05) is 30.3 Å². The van der Waals surface area contributed by atoms with Gasteiger partial charge in [-0.25, -0.2) is 14.8 Å². The molecule has 0 bridgehead atoms. The number of hydrogen-bond donors (Lipinski definition) is 0. The fourth-order valence-electron chi connectivity index (χ4n) is 2.00. The van der Waals surface area contributed by atoms with Crippen LogP contribution in [-0.2, 0) is 11.3 Å². The van der Waals surface area contributed by atoms with E-state index in [-0.39, 0.29) is 12.6 Å². The molecule has 0 atom stereocenters. The van der Waals surface area contributed by atoms with Crippen molar-refractivity contribution in [1.82, 2.24) is 9.97 Å². The van der Waals surface area contributed by atoms with Crippen LogP contribution in [0.3, 0.4) is 0 Å². The van der Waals surface area contributed by atoms with Gasteiger partial charge in [0.05, 0.1) is 11.1 Å². The van der Waals surface area contributed by atoms with Crippen molar-refractivity contribution >= 4 is 62.1 Å². The highest BCUT2D eigenvalue weighted by atomic mass is 127. The number of rotatable bonds is 3. The van der Waals surface area contributed by atoms with E-state index in [4.69, 9.17) is 4.74 Å². The van der Waals surface area contributed by atoms with E-state index in [1.54, 1.807) is 12.1 Å². The molecule has 0 aliphatic heterocycles. The molecule has 0 amide bonds. The van der Waals surface area contributed by atoms with Crippen LogP contribution in [0.5, 0.6) is 0 Å². The van der Waals surface area contributed by atoms with Crippen molar-refractivity contribution in [3.05, 3.63) is 67.2 Å². The van der Waals surface area contributed by atoms with Crippen molar-refractivity contribution in [2.45, 2.75) is 6.61 Å². The molecule has 0 fully saturated rings. The van der Waals surface area contributed by atoms with Crippen LogP contribution >= 0.6 is 45.2 Å². The van der Waals surface area contributed by atoms with Crippen LogP contribution in [0, 0.1) is 7.53 Å². The number of aromatic nitrogens is 2. The number of carbonyl (C=O) groups excluding carboxylic acids is 1. The predicted octanol–water partition coefficient (Wildman–Crippen LogP) is 4.20. The summed E-state index contributed by atoms with van der Waals surface area (Å²) in [7, 11) is 0. The SMILES string of the molecule is O=C(OCc1ccccc1)c1ccc2nc(I)nc(I)c2c1. The zero-order valence-corrected chi connectivity index (χ0v) is 15.6. The molecule has 2 aromatic carbocycles. The third-order valence-electron chi connectivity index (χ3n) is 3.07. The summed E-state index contributed by atoms with van der Waals surface area (Å²) >= 11 is 4.22. The Morgan fingerprint density at radius 2 is 1.82 bits per heavy atom. The van der Waals surface area contributed by atoms with Gasteiger partial charge < -0.3 is 4.74 Å². The van der Waals surface area contributed by atoms with E-state index >= 15 is 0 Å². The maximum Gasteiger partial charge on any atom is 0.338 e. The van der Waals surface area contributed by atoms with Gasteiger partial charge in [0, 0.05) is 28.0 Å². The normalized spacial score (nSPS) is 10.6. The first kappa shape index (κ1) is 15.6. The molecule has 6 heteroatoms. The van der Waals surface area contributed by atoms with Crippen molar-refractivity contribution in [2.75, 3.05) is 0 Å². The van der Waals surface area contributed by atoms with E-state index in [0.717, 1.165) is 20.2 Å². The summed E-state index contributed by atoms with van der Waals surface area (Å²) in [6.45, 7) is 0.262. The highest BCUT2D eigenvalue weighted by Crippen LogP contribution is 2.20. The lowest BCUT2D eigenvalue weighted by Gasteiger charge is -2.06. The minimum atomic E-state index is -0.347. The summed E-state index contributed by atoms with van der Waals surface area (Å²) in [5.41, 5.74) is 2.29. The Morgan fingerprint density at radius 3 is 2.59 bits per heavy atom. The molecule has 0 spiro atoms. The Hall–Kier alpha value is -1.29. The van der Waals surface area contributed by atoms with Gasteiger partial charge in [-0.05, 0) is 46.4 Å². The van der Waals surface area contributed by atoms with E-state index < -0.39 is 0 Å². The maximum absolute atomic E-state index is 12.2. The minimum Gasteiger partial charge on any atom is -0.457 e. The number of nitrogens with zero attached hydrogens (tertiary/aromatic N) is 2. The van der Waals surface area contributed by atoms with Crippen LogP contribution in [0.1, 0.15) is 15.9 Å². The van der Waals surface area contributed by atoms with Crippen molar-refractivity contribution < 1.29 is 9.53 Å². The number of halogens is 2. The average Bonchev–Trinajstić information content (AvgIpc) is 2.53. The molecule has 0 unspecified atom stereocenters. The molecular weight excluding hydrogens is 506 g/mol. The zero-order chi connectivity index (χ0) is 15.5. The molecule has 22 heavy (non-hydrogen) atoms. The van der Waals surface area contributed by atoms with Gasteiger partial charge in [0.15, 0.2) is 3.83 Å². The van der Waals surface area contributed by atoms with Crippen LogP contribution in [0.25, 0.3) is 10.9 Å². The number of ether oxygens (including phenoxy) is 1. The molecule has 1 heterocycles. The van der Waals surface area contributed by atoms with Crippen LogP contribution in [0.15, 0.2) is 48.5 Å². The highest BCUT2D eigenvalue weighted by Gasteiger charge is 2.11. The highest BCUT2D eigenvalue weighted by molar-refractivity contribution is 14.1. The molecule has 0 saturated carbocycles. The van der Waals surface area contributed by atoms with Crippen LogP contribution in [0.2, 0.25) is 0 Å². The third-order valence-corrected chi connectivity index (χ3v) is 4.38. The Balaban J connectivity index is 1.82. The largest absolute Gasteiger partial charge is 0.457 e. The molecule has 0 aliphatic rings. The first-order chi connectivity index (χ1) is 10.6. The molecule has 3 rings (SSSR count). The molecular formula is C16H10I2N2O2. The maximum atomic E-state index is 12.2. The molecule has 0 N–H and O–H groups in total. The number of benzene rings is 2. The Bertz CT molecular complexity index is 838. The summed E-state index contributed by atoms with van der Waals surface area (Å²) in [6.07, 6.45) is 0. The van der Waals surface area contributed by atoms with Crippen molar-refractivity contribution in [3.8, 4) is 0 Å². The van der Waals surface area contributed by atoms with Gasteiger partial charge in [0.2, 0.25) is 0 Å². The second kappa shape index (κ2) is 6.86. The van der Waals surface area contributed by atoms with E-state index in [2.05, 4.69) is 55.1 Å². The number of fused-ring (bicyclic) bond motifs is 1. The summed E-state index contributed by atoms with van der Waals surface area (Å²) in [6, 6.07) is 14.9. The smallest absolute Gasteiger partial charge is 0.338 e. The Morgan fingerprint density at radius 1 is 1.05 bits per heavy atom. The zero-order valence-electron chi connectivity index (χ0n) is 11.3. The lowest BCUT2D eigenvalue weighted by atomic mass is 10.1. The lowest BCUT2D eigenvalue weighted by molar-refractivity contribution is 0.0473. The van der Waals surface area contributed by atoms with E-state index in [1.165, 1.54) is 0 Å². The first-order valence-electron chi connectivity index (χ1n) is 6.47. The average molecular weight is 516 g/mol. The topological polar surface area (TPSA) is 52.1 Å². The van der Waals surface area contributed by atoms with Gasteiger partial charge in [0.1, 0.15) is 10.3 Å². The summed E-state index contributed by atoms with van der Waals surface area (Å²) in [5.74, 6) is -0.347. The summed E-state index contributed by atoms with van der Waals surface area (Å²) in [4.78, 5) is 20.8. The van der Waals surface area contributed by atoms with Crippen molar-refractivity contribution in [1.29, 1.82) is 0 Å². The second-order valence-corrected chi connectivity index (χ2v) is 6.56. The molecule has 0 radical (unpaired) electrons.